The van der Waals surface area contributed by atoms with E-state index in [9.17, 15) is 0 Å². The van der Waals surface area contributed by atoms with E-state index >= 15 is 0 Å². The second-order valence-electron chi connectivity index (χ2n) is 2.96. The molecule has 52 valence electrons. The molecule has 0 spiro atoms. The summed E-state index contributed by atoms with van der Waals surface area (Å²) in [7, 11) is 0. The van der Waals surface area contributed by atoms with Crippen LogP contribution in [0.25, 0.3) is 0 Å². The van der Waals surface area contributed by atoms with E-state index in [4.69, 9.17) is 4.74 Å². The molecule has 2 bridgehead atoms. The molecule has 0 aromatic rings. The fraction of sp³-hybridized carbons (Fsp3) is 1.00. The first-order chi connectivity index (χ1) is 4.45. The van der Waals surface area contributed by atoms with Crippen LogP contribution in [0.1, 0.15) is 12.8 Å². The van der Waals surface area contributed by atoms with Gasteiger partial charge in [0.1, 0.15) is 0 Å². The highest BCUT2D eigenvalue weighted by molar-refractivity contribution is 4.81. The van der Waals surface area contributed by atoms with E-state index in [0.717, 1.165) is 6.61 Å². The summed E-state index contributed by atoms with van der Waals surface area (Å²) in [5.74, 6) is 0. The zero-order valence-electron chi connectivity index (χ0n) is 5.68. The lowest BCUT2D eigenvalue weighted by molar-refractivity contribution is -0.0704. The van der Waals surface area contributed by atoms with Crippen LogP contribution in [-0.2, 0) is 4.74 Å². The van der Waals surface area contributed by atoms with Gasteiger partial charge in [-0.2, -0.15) is 0 Å². The van der Waals surface area contributed by atoms with Gasteiger partial charge in [-0.25, -0.2) is 0 Å². The van der Waals surface area contributed by atoms with Gasteiger partial charge in [-0.15, -0.1) is 0 Å². The third kappa shape index (κ3) is 1.10. The van der Waals surface area contributed by atoms with Gasteiger partial charge < -0.3 is 4.74 Å². The Morgan fingerprint density at radius 3 is 3.00 bits per heavy atom. The van der Waals surface area contributed by atoms with Crippen LogP contribution >= 0.6 is 0 Å². The van der Waals surface area contributed by atoms with Gasteiger partial charge in [0.2, 0.25) is 0 Å². The number of hydrogen-bond donors (Lipinski definition) is 0. The smallest absolute Gasteiger partial charge is 0.0828 e. The van der Waals surface area contributed by atoms with Gasteiger partial charge >= 0.3 is 0 Å². The van der Waals surface area contributed by atoms with Crippen molar-refractivity contribution in [2.75, 3.05) is 26.2 Å². The van der Waals surface area contributed by atoms with Crippen LogP contribution in [0.15, 0.2) is 0 Å². The van der Waals surface area contributed by atoms with E-state index in [1.165, 1.54) is 32.5 Å². The normalized spacial score (nSPS) is 42.7. The van der Waals surface area contributed by atoms with Gasteiger partial charge in [-0.3, -0.25) is 4.90 Å². The first kappa shape index (κ1) is 5.69. The molecular formula is C7H13NO. The molecule has 0 unspecified atom stereocenters. The largest absolute Gasteiger partial charge is 0.376 e. The predicted molar refractivity (Wildman–Crippen MR) is 35.4 cm³/mol. The van der Waals surface area contributed by atoms with Crippen molar-refractivity contribution < 1.29 is 4.74 Å². The SMILES string of the molecule is C1CCN2CC(C2)OC1. The van der Waals surface area contributed by atoms with Crippen LogP contribution in [0.5, 0.6) is 0 Å². The molecule has 2 heteroatoms. The molecule has 3 heterocycles. The molecule has 0 amide bonds. The zero-order chi connectivity index (χ0) is 6.10. The van der Waals surface area contributed by atoms with Crippen molar-refractivity contribution in [1.29, 1.82) is 0 Å². The molecule has 0 N–H and O–H groups in total. The molecule has 2 nitrogen and oxygen atoms in total. The average Bonchev–Trinajstić information content (AvgIpc) is 1.54. The number of nitrogens with zero attached hydrogens (tertiary/aromatic N) is 1. The molecule has 0 radical (unpaired) electrons. The van der Waals surface area contributed by atoms with Crippen molar-refractivity contribution in [3.05, 3.63) is 0 Å². The van der Waals surface area contributed by atoms with Crippen molar-refractivity contribution >= 4 is 0 Å². The molecule has 3 aliphatic rings. The Bertz CT molecular complexity index is 83.6. The number of rotatable bonds is 0. The van der Waals surface area contributed by atoms with Crippen LogP contribution in [0.2, 0.25) is 0 Å². The van der Waals surface area contributed by atoms with E-state index in [1.54, 1.807) is 0 Å². The fourth-order valence-electron chi connectivity index (χ4n) is 1.50. The lowest BCUT2D eigenvalue weighted by atomic mass is 10.1. The number of fused-ring (bicyclic) bond motifs is 4. The monoisotopic (exact) mass is 127 g/mol. The van der Waals surface area contributed by atoms with Crippen molar-refractivity contribution in [3.8, 4) is 0 Å². The van der Waals surface area contributed by atoms with Gasteiger partial charge in [0.15, 0.2) is 0 Å². The molecule has 3 aliphatic heterocycles. The molecule has 9 heavy (non-hydrogen) atoms. The molecule has 3 fully saturated rings. The van der Waals surface area contributed by atoms with Crippen LogP contribution in [0.4, 0.5) is 0 Å². The molecule has 3 saturated heterocycles. The third-order valence-corrected chi connectivity index (χ3v) is 2.15. The molecule has 0 aromatic carbocycles. The summed E-state index contributed by atoms with van der Waals surface area (Å²) in [6.07, 6.45) is 3.17. The van der Waals surface area contributed by atoms with E-state index in [0.29, 0.717) is 6.10 Å². The average molecular weight is 127 g/mol. The summed E-state index contributed by atoms with van der Waals surface area (Å²) in [5.41, 5.74) is 0. The maximum absolute atomic E-state index is 5.51. The number of ether oxygens (including phenoxy) is 1. The van der Waals surface area contributed by atoms with E-state index in [-0.39, 0.29) is 0 Å². The third-order valence-electron chi connectivity index (χ3n) is 2.15. The van der Waals surface area contributed by atoms with Crippen LogP contribution in [0.3, 0.4) is 0 Å². The standard InChI is InChI=1S/C7H13NO/c1-2-4-9-7-5-8(3-1)6-7/h7H,1-6H2. The van der Waals surface area contributed by atoms with Gasteiger partial charge in [0, 0.05) is 19.7 Å². The second-order valence-corrected chi connectivity index (χ2v) is 2.96. The Morgan fingerprint density at radius 1 is 1.22 bits per heavy atom. The van der Waals surface area contributed by atoms with Crippen molar-refractivity contribution in [3.63, 3.8) is 0 Å². The van der Waals surface area contributed by atoms with Crippen LogP contribution < -0.4 is 0 Å². The maximum atomic E-state index is 5.51. The minimum absolute atomic E-state index is 0.588. The Labute approximate surface area is 55.8 Å². The highest BCUT2D eigenvalue weighted by atomic mass is 16.5. The minimum Gasteiger partial charge on any atom is -0.376 e. The maximum Gasteiger partial charge on any atom is 0.0828 e. The summed E-state index contributed by atoms with van der Waals surface area (Å²) in [5, 5.41) is 0. The van der Waals surface area contributed by atoms with Gasteiger partial charge in [-0.1, -0.05) is 0 Å². The predicted octanol–water partition coefficient (Wildman–Crippen LogP) is 0.481. The van der Waals surface area contributed by atoms with Crippen molar-refractivity contribution in [2.24, 2.45) is 0 Å². The number of hydrogen-bond acceptors (Lipinski definition) is 2. The topological polar surface area (TPSA) is 12.5 Å². The van der Waals surface area contributed by atoms with E-state index < -0.39 is 0 Å². The molecule has 0 aliphatic carbocycles. The zero-order valence-corrected chi connectivity index (χ0v) is 5.68. The van der Waals surface area contributed by atoms with E-state index in [2.05, 4.69) is 4.90 Å². The van der Waals surface area contributed by atoms with Crippen LogP contribution in [-0.4, -0.2) is 37.2 Å². The molecule has 3 rings (SSSR count). The summed E-state index contributed by atoms with van der Waals surface area (Å²) < 4.78 is 5.51. The first-order valence-electron chi connectivity index (χ1n) is 3.79. The second kappa shape index (κ2) is 2.27. The Morgan fingerprint density at radius 2 is 2.11 bits per heavy atom. The lowest BCUT2D eigenvalue weighted by Crippen LogP contribution is -2.53. The van der Waals surface area contributed by atoms with Gasteiger partial charge in [0.05, 0.1) is 6.10 Å². The molecular weight excluding hydrogens is 114 g/mol. The Kier molecular flexibility index (Phi) is 1.44. The summed E-state index contributed by atoms with van der Waals surface area (Å²) in [4.78, 5) is 2.46. The molecule has 0 saturated carbocycles. The molecule has 0 atom stereocenters. The summed E-state index contributed by atoms with van der Waals surface area (Å²) in [6.45, 7) is 4.69. The van der Waals surface area contributed by atoms with Crippen LogP contribution in [0, 0.1) is 0 Å². The Hall–Kier alpha value is -0.0800. The Balaban J connectivity index is 1.85. The highest BCUT2D eigenvalue weighted by Crippen LogP contribution is 2.15. The van der Waals surface area contributed by atoms with Gasteiger partial charge in [0.25, 0.3) is 0 Å². The van der Waals surface area contributed by atoms with E-state index in [1.807, 2.05) is 0 Å². The first-order valence-corrected chi connectivity index (χ1v) is 3.79. The highest BCUT2D eigenvalue weighted by Gasteiger charge is 2.27. The fourth-order valence-corrected chi connectivity index (χ4v) is 1.50. The quantitative estimate of drug-likeness (QED) is 0.469. The van der Waals surface area contributed by atoms with Gasteiger partial charge in [-0.05, 0) is 19.4 Å². The minimum atomic E-state index is 0.588. The van der Waals surface area contributed by atoms with Crippen molar-refractivity contribution in [1.82, 2.24) is 4.90 Å². The molecule has 0 aromatic heterocycles. The lowest BCUT2D eigenvalue weighted by Gasteiger charge is -2.40. The summed E-state index contributed by atoms with van der Waals surface area (Å²) >= 11 is 0. The van der Waals surface area contributed by atoms with Crippen molar-refractivity contribution in [2.45, 2.75) is 18.9 Å². The summed E-state index contributed by atoms with van der Waals surface area (Å²) in [6, 6.07) is 0.